The van der Waals surface area contributed by atoms with Crippen molar-refractivity contribution in [2.45, 2.75) is 58.2 Å². The van der Waals surface area contributed by atoms with Gasteiger partial charge in [0.15, 0.2) is 5.11 Å². The van der Waals surface area contributed by atoms with Crippen LogP contribution in [0.4, 0.5) is 0 Å². The zero-order valence-electron chi connectivity index (χ0n) is 19.6. The van der Waals surface area contributed by atoms with Crippen LogP contribution in [0.2, 0.25) is 0 Å². The minimum atomic E-state index is -3.64. The predicted molar refractivity (Wildman–Crippen MR) is 133 cm³/mol. The predicted octanol–water partition coefficient (Wildman–Crippen LogP) is 4.31. The van der Waals surface area contributed by atoms with Crippen molar-refractivity contribution in [1.29, 1.82) is 0 Å². The van der Waals surface area contributed by atoms with Gasteiger partial charge in [-0.1, -0.05) is 38.1 Å². The van der Waals surface area contributed by atoms with Gasteiger partial charge in [0.25, 0.3) is 0 Å². The number of nitrogens with zero attached hydrogens (tertiary/aromatic N) is 3. The van der Waals surface area contributed by atoms with E-state index in [0.29, 0.717) is 31.3 Å². The van der Waals surface area contributed by atoms with E-state index < -0.39 is 9.84 Å². The minimum Gasteiger partial charge on any atom is -0.467 e. The van der Waals surface area contributed by atoms with Gasteiger partial charge >= 0.3 is 0 Å². The van der Waals surface area contributed by atoms with Gasteiger partial charge in [-0.3, -0.25) is 0 Å². The Morgan fingerprint density at radius 1 is 1.21 bits per heavy atom. The third-order valence-corrected chi connectivity index (χ3v) is 7.20. The molecule has 0 saturated heterocycles. The van der Waals surface area contributed by atoms with Gasteiger partial charge in [0, 0.05) is 13.1 Å². The molecule has 0 saturated carbocycles. The third kappa shape index (κ3) is 6.45. The number of imidazole rings is 1. The first-order chi connectivity index (χ1) is 15.7. The Bertz CT molecular complexity index is 1170. The zero-order valence-corrected chi connectivity index (χ0v) is 21.2. The Morgan fingerprint density at radius 2 is 1.97 bits per heavy atom. The first-order valence-electron chi connectivity index (χ1n) is 11.1. The SMILES string of the molecule is CCNC(=S)N(Cc1ccco1)Cc1cnc(S(=O)(=O)Cc2ccccc2C)n1CC(C)C. The second kappa shape index (κ2) is 11.0. The van der Waals surface area contributed by atoms with Gasteiger partial charge in [0.05, 0.1) is 37.0 Å². The van der Waals surface area contributed by atoms with Crippen molar-refractivity contribution in [2.24, 2.45) is 5.92 Å². The summed E-state index contributed by atoms with van der Waals surface area (Å²) in [6.07, 6.45) is 3.28. The van der Waals surface area contributed by atoms with E-state index in [9.17, 15) is 8.42 Å². The first-order valence-corrected chi connectivity index (χ1v) is 13.1. The Morgan fingerprint density at radius 3 is 2.61 bits per heavy atom. The second-order valence-corrected chi connectivity index (χ2v) is 10.8. The lowest BCUT2D eigenvalue weighted by molar-refractivity contribution is 0.337. The van der Waals surface area contributed by atoms with E-state index in [1.807, 2.05) is 59.7 Å². The fourth-order valence-corrected chi connectivity index (χ4v) is 5.49. The smallest absolute Gasteiger partial charge is 0.228 e. The molecule has 0 aliphatic heterocycles. The second-order valence-electron chi connectivity index (χ2n) is 8.49. The van der Waals surface area contributed by atoms with E-state index in [1.165, 1.54) is 0 Å². The Balaban J connectivity index is 1.94. The summed E-state index contributed by atoms with van der Waals surface area (Å²) >= 11 is 5.58. The van der Waals surface area contributed by atoms with Crippen LogP contribution in [0, 0.1) is 12.8 Å². The molecule has 2 heterocycles. The summed E-state index contributed by atoms with van der Waals surface area (Å²) in [4.78, 5) is 6.34. The van der Waals surface area contributed by atoms with Crippen molar-refractivity contribution < 1.29 is 12.8 Å². The highest BCUT2D eigenvalue weighted by molar-refractivity contribution is 7.90. The van der Waals surface area contributed by atoms with E-state index in [4.69, 9.17) is 16.6 Å². The molecule has 0 bridgehead atoms. The minimum absolute atomic E-state index is 0.0832. The van der Waals surface area contributed by atoms with Crippen LogP contribution in [0.15, 0.2) is 58.4 Å². The number of aromatic nitrogens is 2. The lowest BCUT2D eigenvalue weighted by Crippen LogP contribution is -2.39. The summed E-state index contributed by atoms with van der Waals surface area (Å²) in [6, 6.07) is 11.3. The van der Waals surface area contributed by atoms with Gasteiger partial charge in [0.1, 0.15) is 5.76 Å². The van der Waals surface area contributed by atoms with E-state index >= 15 is 0 Å². The number of nitrogens with one attached hydrogen (secondary N) is 1. The Kier molecular flexibility index (Phi) is 8.31. The molecule has 0 amide bonds. The van der Waals surface area contributed by atoms with Crippen molar-refractivity contribution in [1.82, 2.24) is 19.8 Å². The average molecular weight is 489 g/mol. The summed E-state index contributed by atoms with van der Waals surface area (Å²) in [5.74, 6) is 0.933. The zero-order chi connectivity index (χ0) is 24.0. The number of furan rings is 1. The quantitative estimate of drug-likeness (QED) is 0.426. The van der Waals surface area contributed by atoms with Gasteiger partial charge in [-0.2, -0.15) is 0 Å². The molecule has 1 aromatic carbocycles. The third-order valence-electron chi connectivity index (χ3n) is 5.23. The number of sulfone groups is 1. The molecule has 9 heteroatoms. The summed E-state index contributed by atoms with van der Waals surface area (Å²) in [5.41, 5.74) is 2.52. The molecule has 7 nitrogen and oxygen atoms in total. The normalized spacial score (nSPS) is 11.7. The van der Waals surface area contributed by atoms with Crippen LogP contribution >= 0.6 is 12.2 Å². The van der Waals surface area contributed by atoms with Crippen molar-refractivity contribution in [3.8, 4) is 0 Å². The Labute approximate surface area is 201 Å². The molecule has 0 spiro atoms. The van der Waals surface area contributed by atoms with Crippen LogP contribution in [0.1, 0.15) is 43.4 Å². The lowest BCUT2D eigenvalue weighted by Gasteiger charge is -2.25. The van der Waals surface area contributed by atoms with Crippen LogP contribution in [0.25, 0.3) is 0 Å². The highest BCUT2D eigenvalue weighted by Crippen LogP contribution is 2.22. The molecule has 1 N–H and O–H groups in total. The highest BCUT2D eigenvalue weighted by Gasteiger charge is 2.26. The number of hydrogen-bond donors (Lipinski definition) is 1. The highest BCUT2D eigenvalue weighted by atomic mass is 32.2. The van der Waals surface area contributed by atoms with Gasteiger partial charge in [-0.25, -0.2) is 13.4 Å². The fraction of sp³-hybridized carbons (Fsp3) is 0.417. The standard InChI is InChI=1S/C24H32N4O3S2/c1-5-25-23(32)27(16-22-11-8-12-31-22)15-21-13-26-24(28(21)14-18(2)3)33(29,30)17-20-10-7-6-9-19(20)4/h6-13,18H,5,14-17H2,1-4H3,(H,25,32). The maximum atomic E-state index is 13.4. The molecule has 3 rings (SSSR count). The van der Waals surface area contributed by atoms with Crippen LogP contribution in [-0.2, 0) is 35.2 Å². The van der Waals surface area contributed by atoms with Gasteiger partial charge < -0.3 is 19.2 Å². The average Bonchev–Trinajstić information content (AvgIpc) is 3.39. The molecule has 0 atom stereocenters. The molecule has 2 aromatic heterocycles. The van der Waals surface area contributed by atoms with E-state index in [1.54, 1.807) is 12.5 Å². The fourth-order valence-electron chi connectivity index (χ4n) is 3.62. The first kappa shape index (κ1) is 25.0. The Hall–Kier alpha value is -2.65. The summed E-state index contributed by atoms with van der Waals surface area (Å²) in [5, 5.41) is 3.86. The number of aryl methyl sites for hydroxylation is 1. The number of benzene rings is 1. The van der Waals surface area contributed by atoms with E-state index in [2.05, 4.69) is 24.1 Å². The van der Waals surface area contributed by atoms with Gasteiger partial charge in [-0.15, -0.1) is 0 Å². The molecule has 3 aromatic rings. The van der Waals surface area contributed by atoms with Gasteiger partial charge in [-0.05, 0) is 55.2 Å². The monoisotopic (exact) mass is 488 g/mol. The van der Waals surface area contributed by atoms with Gasteiger partial charge in [0.2, 0.25) is 15.0 Å². The molecule has 0 radical (unpaired) electrons. The van der Waals surface area contributed by atoms with Crippen molar-refractivity contribution in [2.75, 3.05) is 6.54 Å². The largest absolute Gasteiger partial charge is 0.467 e. The van der Waals surface area contributed by atoms with Crippen molar-refractivity contribution in [3.63, 3.8) is 0 Å². The maximum Gasteiger partial charge on any atom is 0.228 e. The molecule has 0 fully saturated rings. The van der Waals surface area contributed by atoms with Crippen LogP contribution in [0.5, 0.6) is 0 Å². The maximum absolute atomic E-state index is 13.4. The molecular formula is C24H32N4O3S2. The number of thiocarbonyl (C=S) groups is 1. The molecular weight excluding hydrogens is 456 g/mol. The van der Waals surface area contributed by atoms with Crippen LogP contribution in [-0.4, -0.2) is 34.5 Å². The summed E-state index contributed by atoms with van der Waals surface area (Å²) in [6.45, 7) is 10.1. The van der Waals surface area contributed by atoms with E-state index in [0.717, 1.165) is 22.6 Å². The van der Waals surface area contributed by atoms with Crippen molar-refractivity contribution >= 4 is 27.2 Å². The summed E-state index contributed by atoms with van der Waals surface area (Å²) < 4.78 is 34.1. The molecule has 0 aliphatic rings. The van der Waals surface area contributed by atoms with Crippen LogP contribution < -0.4 is 5.32 Å². The lowest BCUT2D eigenvalue weighted by atomic mass is 10.1. The van der Waals surface area contributed by atoms with E-state index in [-0.39, 0.29) is 16.8 Å². The molecule has 178 valence electrons. The molecule has 0 aliphatic carbocycles. The number of hydrogen-bond acceptors (Lipinski definition) is 5. The van der Waals surface area contributed by atoms with Crippen LogP contribution in [0.3, 0.4) is 0 Å². The summed E-state index contributed by atoms with van der Waals surface area (Å²) in [7, 11) is -3.64. The number of rotatable bonds is 10. The van der Waals surface area contributed by atoms with Crippen molar-refractivity contribution in [3.05, 3.63) is 71.4 Å². The topological polar surface area (TPSA) is 80.4 Å². The molecule has 33 heavy (non-hydrogen) atoms. The molecule has 0 unspecified atom stereocenters.